The quantitative estimate of drug-likeness (QED) is 0.300. The standard InChI is InChI=1S/C15H16N4O2.C9H7F3O2.C2H6/c1-2-3-4-11-16-12-13(17-11)18(9-5-6-9)15(21)19(14(12)20)10-7-8-10;1-6(13)14-8-4-2-3-7(5-8)9(10,11)12;1-2/h9-10H,2,5-8H2,1H3,(H,16,17);2-5H,1H3;1-2H3. The van der Waals surface area contributed by atoms with Gasteiger partial charge in [0.2, 0.25) is 0 Å². The number of esters is 1. The van der Waals surface area contributed by atoms with Crippen LogP contribution in [0.15, 0.2) is 33.9 Å². The maximum absolute atomic E-state index is 12.6. The number of aromatic amines is 1. The van der Waals surface area contributed by atoms with Gasteiger partial charge in [-0.2, -0.15) is 13.2 Å². The van der Waals surface area contributed by atoms with Gasteiger partial charge in [0.25, 0.3) is 5.56 Å². The Balaban J connectivity index is 0.000000208. The lowest BCUT2D eigenvalue weighted by molar-refractivity contribution is -0.138. The van der Waals surface area contributed by atoms with Gasteiger partial charge in [-0.3, -0.25) is 18.7 Å². The number of ether oxygens (including phenoxy) is 1. The first-order valence-electron chi connectivity index (χ1n) is 12.2. The lowest BCUT2D eigenvalue weighted by Gasteiger charge is -2.09. The highest BCUT2D eigenvalue weighted by molar-refractivity contribution is 5.71. The maximum Gasteiger partial charge on any atom is 0.416 e. The fourth-order valence-electron chi connectivity index (χ4n) is 3.55. The molecule has 2 aliphatic carbocycles. The number of halogens is 3. The van der Waals surface area contributed by atoms with Crippen LogP contribution in [0.5, 0.6) is 5.75 Å². The molecule has 3 aromatic rings. The van der Waals surface area contributed by atoms with E-state index < -0.39 is 17.7 Å². The molecule has 1 aromatic carbocycles. The number of H-pyrrole nitrogens is 1. The molecule has 2 aromatic heterocycles. The van der Waals surface area contributed by atoms with Crippen LogP contribution in [0.3, 0.4) is 0 Å². The largest absolute Gasteiger partial charge is 0.427 e. The molecule has 2 fully saturated rings. The second-order valence-electron chi connectivity index (χ2n) is 8.35. The molecule has 5 rings (SSSR count). The van der Waals surface area contributed by atoms with Crippen molar-refractivity contribution in [3.8, 4) is 17.6 Å². The number of alkyl halides is 3. The van der Waals surface area contributed by atoms with Gasteiger partial charge in [0.1, 0.15) is 5.75 Å². The SMILES string of the molecule is CC.CC(=O)Oc1cccc(C(F)(F)F)c1.CCC#Cc1nc2c([nH]1)c(=O)n(C1CC1)c(=O)n2C1CC1. The Labute approximate surface area is 211 Å². The molecule has 0 amide bonds. The van der Waals surface area contributed by atoms with E-state index in [0.29, 0.717) is 17.0 Å². The predicted molar refractivity (Wildman–Crippen MR) is 132 cm³/mol. The van der Waals surface area contributed by atoms with Crippen molar-refractivity contribution in [2.75, 3.05) is 0 Å². The number of nitrogens with zero attached hydrogens (tertiary/aromatic N) is 3. The normalized spacial score (nSPS) is 14.5. The van der Waals surface area contributed by atoms with Crippen molar-refractivity contribution in [2.45, 2.75) is 78.1 Å². The van der Waals surface area contributed by atoms with E-state index in [-0.39, 0.29) is 29.1 Å². The molecule has 2 aliphatic rings. The number of fused-ring (bicyclic) bond motifs is 1. The molecule has 0 unspecified atom stereocenters. The summed E-state index contributed by atoms with van der Waals surface area (Å²) in [7, 11) is 0. The third kappa shape index (κ3) is 6.70. The highest BCUT2D eigenvalue weighted by Crippen LogP contribution is 2.37. The molecule has 0 atom stereocenters. The Morgan fingerprint density at radius 3 is 2.30 bits per heavy atom. The lowest BCUT2D eigenvalue weighted by Crippen LogP contribution is -2.39. The van der Waals surface area contributed by atoms with Gasteiger partial charge in [0.15, 0.2) is 17.0 Å². The van der Waals surface area contributed by atoms with Crippen molar-refractivity contribution in [1.82, 2.24) is 19.1 Å². The molecule has 0 aliphatic heterocycles. The Morgan fingerprint density at radius 1 is 1.14 bits per heavy atom. The number of nitrogens with one attached hydrogen (secondary N) is 1. The van der Waals surface area contributed by atoms with E-state index in [4.69, 9.17) is 0 Å². The van der Waals surface area contributed by atoms with E-state index in [0.717, 1.165) is 51.2 Å². The molecule has 2 heterocycles. The lowest BCUT2D eigenvalue weighted by atomic mass is 10.2. The first kappa shape index (κ1) is 27.8. The van der Waals surface area contributed by atoms with Crippen LogP contribution in [0.2, 0.25) is 0 Å². The number of benzene rings is 1. The third-order valence-corrected chi connectivity index (χ3v) is 5.39. The van der Waals surface area contributed by atoms with E-state index in [1.54, 1.807) is 4.57 Å². The molecule has 0 saturated heterocycles. The summed E-state index contributed by atoms with van der Waals surface area (Å²) < 4.78 is 44.1. The zero-order valence-corrected chi connectivity index (χ0v) is 21.1. The number of carbonyl (C=O) groups is 1. The minimum atomic E-state index is -4.42. The van der Waals surface area contributed by atoms with Crippen molar-refractivity contribution in [2.24, 2.45) is 0 Å². The number of hydrogen-bond acceptors (Lipinski definition) is 5. The molecule has 198 valence electrons. The highest BCUT2D eigenvalue weighted by atomic mass is 19.4. The van der Waals surface area contributed by atoms with Crippen molar-refractivity contribution in [3.63, 3.8) is 0 Å². The Kier molecular flexibility index (Phi) is 8.63. The Bertz CT molecular complexity index is 1450. The summed E-state index contributed by atoms with van der Waals surface area (Å²) in [5, 5.41) is 0. The van der Waals surface area contributed by atoms with Gasteiger partial charge in [0.05, 0.1) is 5.56 Å². The van der Waals surface area contributed by atoms with Crippen LogP contribution in [0.4, 0.5) is 13.2 Å². The fourth-order valence-corrected chi connectivity index (χ4v) is 3.55. The number of imidazole rings is 1. The highest BCUT2D eigenvalue weighted by Gasteiger charge is 2.34. The molecular weight excluding hydrogens is 489 g/mol. The van der Waals surface area contributed by atoms with Crippen molar-refractivity contribution in [1.29, 1.82) is 0 Å². The minimum Gasteiger partial charge on any atom is -0.427 e. The van der Waals surface area contributed by atoms with Crippen LogP contribution in [-0.4, -0.2) is 25.1 Å². The van der Waals surface area contributed by atoms with Crippen LogP contribution in [-0.2, 0) is 11.0 Å². The Hall–Kier alpha value is -3.81. The van der Waals surface area contributed by atoms with E-state index in [1.807, 2.05) is 20.8 Å². The van der Waals surface area contributed by atoms with E-state index in [1.165, 1.54) is 16.7 Å². The smallest absolute Gasteiger partial charge is 0.416 e. The molecule has 2 saturated carbocycles. The maximum atomic E-state index is 12.6. The molecule has 8 nitrogen and oxygen atoms in total. The average molecular weight is 519 g/mol. The number of rotatable bonds is 3. The molecule has 0 radical (unpaired) electrons. The Morgan fingerprint density at radius 2 is 1.76 bits per heavy atom. The second-order valence-corrected chi connectivity index (χ2v) is 8.35. The summed E-state index contributed by atoms with van der Waals surface area (Å²) in [6.45, 7) is 7.08. The average Bonchev–Trinajstić information content (AvgIpc) is 3.78. The molecule has 0 bridgehead atoms. The number of carbonyl (C=O) groups excluding carboxylic acids is 1. The van der Waals surface area contributed by atoms with Crippen molar-refractivity contribution in [3.05, 3.63) is 56.5 Å². The van der Waals surface area contributed by atoms with Gasteiger partial charge in [0, 0.05) is 25.4 Å². The van der Waals surface area contributed by atoms with Gasteiger partial charge in [-0.1, -0.05) is 32.8 Å². The van der Waals surface area contributed by atoms with Gasteiger partial charge < -0.3 is 9.72 Å². The molecule has 11 heteroatoms. The monoisotopic (exact) mass is 518 g/mol. The van der Waals surface area contributed by atoms with E-state index >= 15 is 0 Å². The van der Waals surface area contributed by atoms with Crippen molar-refractivity contribution < 1.29 is 22.7 Å². The fraction of sp³-hybridized carbons (Fsp3) is 0.462. The number of aromatic nitrogens is 4. The molecule has 1 N–H and O–H groups in total. The summed E-state index contributed by atoms with van der Waals surface area (Å²) in [6.07, 6.45) is 0.0558. The first-order chi connectivity index (χ1) is 17.6. The van der Waals surface area contributed by atoms with E-state index in [2.05, 4.69) is 26.5 Å². The minimum absolute atomic E-state index is 0.0628. The zero-order chi connectivity index (χ0) is 27.3. The van der Waals surface area contributed by atoms with Crippen LogP contribution in [0.1, 0.15) is 83.3 Å². The summed E-state index contributed by atoms with van der Waals surface area (Å²) in [4.78, 5) is 43.0. The second kappa shape index (κ2) is 11.5. The topological polar surface area (TPSA) is 99.0 Å². The van der Waals surface area contributed by atoms with Gasteiger partial charge >= 0.3 is 17.8 Å². The number of hydrogen-bond donors (Lipinski definition) is 1. The van der Waals surface area contributed by atoms with Crippen LogP contribution in [0.25, 0.3) is 11.2 Å². The van der Waals surface area contributed by atoms with Crippen LogP contribution < -0.4 is 16.0 Å². The first-order valence-corrected chi connectivity index (χ1v) is 12.2. The summed E-state index contributed by atoms with van der Waals surface area (Å²) in [6, 6.07) is 4.40. The molecular formula is C26H29F3N4O4. The van der Waals surface area contributed by atoms with Crippen LogP contribution in [0, 0.1) is 11.8 Å². The molecule has 0 spiro atoms. The van der Waals surface area contributed by atoms with Crippen LogP contribution >= 0.6 is 0 Å². The van der Waals surface area contributed by atoms with Gasteiger partial charge in [-0.25, -0.2) is 9.78 Å². The third-order valence-electron chi connectivity index (χ3n) is 5.39. The van der Waals surface area contributed by atoms with E-state index in [9.17, 15) is 27.6 Å². The van der Waals surface area contributed by atoms with Gasteiger partial charge in [-0.05, 0) is 49.8 Å². The summed E-state index contributed by atoms with van der Waals surface area (Å²) in [5.41, 5.74) is -0.430. The van der Waals surface area contributed by atoms with Crippen molar-refractivity contribution >= 4 is 17.1 Å². The molecule has 37 heavy (non-hydrogen) atoms. The summed E-state index contributed by atoms with van der Waals surface area (Å²) in [5.74, 6) is 5.55. The predicted octanol–water partition coefficient (Wildman–Crippen LogP) is 4.97. The van der Waals surface area contributed by atoms with Gasteiger partial charge in [-0.15, -0.1) is 0 Å². The summed E-state index contributed by atoms with van der Waals surface area (Å²) >= 11 is 0. The zero-order valence-electron chi connectivity index (χ0n) is 21.1.